The first kappa shape index (κ1) is 17.5. The van der Waals surface area contributed by atoms with Gasteiger partial charge in [-0.3, -0.25) is 9.59 Å². The quantitative estimate of drug-likeness (QED) is 0.749. The lowest BCUT2D eigenvalue weighted by molar-refractivity contribution is -0.125. The molecule has 2 amide bonds. The number of fused-ring (bicyclic) bond motifs is 1. The number of aryl methyl sites for hydroxylation is 1. The number of halogens is 1. The fraction of sp³-hybridized carbons (Fsp3) is 0.467. The maximum Gasteiger partial charge on any atom is 0.239 e. The summed E-state index contributed by atoms with van der Waals surface area (Å²) < 4.78 is 0. The molecule has 0 aromatic heterocycles. The molecule has 0 saturated heterocycles. The SMILES string of the molecule is Cl.NCC(=O)NCC(=O)NCC1CCCc2ccccc21. The highest BCUT2D eigenvalue weighted by Crippen LogP contribution is 2.30. The van der Waals surface area contributed by atoms with Crippen molar-refractivity contribution in [2.75, 3.05) is 19.6 Å². The highest BCUT2D eigenvalue weighted by molar-refractivity contribution is 5.85. The van der Waals surface area contributed by atoms with Gasteiger partial charge in [-0.05, 0) is 30.4 Å². The van der Waals surface area contributed by atoms with E-state index in [-0.39, 0.29) is 37.3 Å². The zero-order valence-corrected chi connectivity index (χ0v) is 12.7. The van der Waals surface area contributed by atoms with Crippen LogP contribution in [0, 0.1) is 0 Å². The summed E-state index contributed by atoms with van der Waals surface area (Å²) in [4.78, 5) is 22.6. The molecule has 0 radical (unpaired) electrons. The topological polar surface area (TPSA) is 84.2 Å². The maximum absolute atomic E-state index is 11.7. The van der Waals surface area contributed by atoms with E-state index in [0.29, 0.717) is 12.5 Å². The van der Waals surface area contributed by atoms with Gasteiger partial charge in [0.05, 0.1) is 13.1 Å². The van der Waals surface area contributed by atoms with Crippen molar-refractivity contribution in [1.29, 1.82) is 0 Å². The van der Waals surface area contributed by atoms with Crippen LogP contribution in [0.4, 0.5) is 0 Å². The van der Waals surface area contributed by atoms with Gasteiger partial charge in [-0.2, -0.15) is 0 Å². The first-order valence-electron chi connectivity index (χ1n) is 7.02. The summed E-state index contributed by atoms with van der Waals surface area (Å²) in [7, 11) is 0. The molecule has 116 valence electrons. The van der Waals surface area contributed by atoms with Gasteiger partial charge in [-0.25, -0.2) is 0 Å². The molecular weight excluding hydrogens is 290 g/mol. The van der Waals surface area contributed by atoms with Gasteiger partial charge in [0.15, 0.2) is 0 Å². The fourth-order valence-electron chi connectivity index (χ4n) is 2.62. The number of hydrogen-bond acceptors (Lipinski definition) is 3. The molecule has 1 aliphatic carbocycles. The average Bonchev–Trinajstić information content (AvgIpc) is 2.50. The van der Waals surface area contributed by atoms with E-state index in [2.05, 4.69) is 28.8 Å². The Morgan fingerprint density at radius 2 is 1.95 bits per heavy atom. The standard InChI is InChI=1S/C15H21N3O2.ClH/c16-8-14(19)18-10-15(20)17-9-12-6-3-5-11-4-1-2-7-13(11)12;/h1-2,4,7,12H,3,5-6,8-10,16H2,(H,17,20)(H,18,19);1H. The second-order valence-corrected chi connectivity index (χ2v) is 5.07. The van der Waals surface area contributed by atoms with E-state index in [4.69, 9.17) is 5.73 Å². The summed E-state index contributed by atoms with van der Waals surface area (Å²) in [5, 5.41) is 5.34. The van der Waals surface area contributed by atoms with Crippen LogP contribution in [-0.4, -0.2) is 31.4 Å². The molecular formula is C15H22ClN3O2. The van der Waals surface area contributed by atoms with Crippen molar-refractivity contribution >= 4 is 24.2 Å². The minimum absolute atomic E-state index is 0. The second-order valence-electron chi connectivity index (χ2n) is 5.07. The van der Waals surface area contributed by atoms with Crippen LogP contribution in [0.5, 0.6) is 0 Å². The van der Waals surface area contributed by atoms with Gasteiger partial charge >= 0.3 is 0 Å². The van der Waals surface area contributed by atoms with Crippen molar-refractivity contribution in [2.24, 2.45) is 5.73 Å². The largest absolute Gasteiger partial charge is 0.354 e. The maximum atomic E-state index is 11.7. The molecule has 5 nitrogen and oxygen atoms in total. The summed E-state index contributed by atoms with van der Waals surface area (Å²) in [5.74, 6) is -0.118. The second kappa shape index (κ2) is 8.64. The van der Waals surface area contributed by atoms with E-state index in [9.17, 15) is 9.59 Å². The van der Waals surface area contributed by atoms with Crippen molar-refractivity contribution < 1.29 is 9.59 Å². The van der Waals surface area contributed by atoms with Crippen LogP contribution in [0.2, 0.25) is 0 Å². The first-order chi connectivity index (χ1) is 9.70. The van der Waals surface area contributed by atoms with E-state index >= 15 is 0 Å². The molecule has 0 fully saturated rings. The number of amides is 2. The van der Waals surface area contributed by atoms with E-state index in [1.807, 2.05) is 6.07 Å². The molecule has 0 aliphatic heterocycles. The zero-order valence-electron chi connectivity index (χ0n) is 11.9. The normalized spacial score (nSPS) is 16.3. The highest BCUT2D eigenvalue weighted by Gasteiger charge is 2.20. The predicted octanol–water partition coefficient (Wildman–Crippen LogP) is 0.719. The van der Waals surface area contributed by atoms with Crippen LogP contribution in [-0.2, 0) is 16.0 Å². The molecule has 2 rings (SSSR count). The number of hydrogen-bond donors (Lipinski definition) is 3. The number of benzene rings is 1. The van der Waals surface area contributed by atoms with Crippen molar-refractivity contribution in [3.05, 3.63) is 35.4 Å². The minimum atomic E-state index is -0.317. The molecule has 6 heteroatoms. The number of nitrogens with one attached hydrogen (secondary N) is 2. The van der Waals surface area contributed by atoms with Crippen LogP contribution in [0.25, 0.3) is 0 Å². The van der Waals surface area contributed by atoms with E-state index in [1.165, 1.54) is 11.1 Å². The molecule has 4 N–H and O–H groups in total. The molecule has 0 spiro atoms. The smallest absolute Gasteiger partial charge is 0.239 e. The van der Waals surface area contributed by atoms with Gasteiger partial charge in [0.2, 0.25) is 11.8 Å². The van der Waals surface area contributed by atoms with Gasteiger partial charge in [0.25, 0.3) is 0 Å². The summed E-state index contributed by atoms with van der Waals surface area (Å²) >= 11 is 0. The van der Waals surface area contributed by atoms with Crippen LogP contribution < -0.4 is 16.4 Å². The predicted molar refractivity (Wildman–Crippen MR) is 84.4 cm³/mol. The first-order valence-corrected chi connectivity index (χ1v) is 7.02. The minimum Gasteiger partial charge on any atom is -0.354 e. The Bertz CT molecular complexity index is 494. The Morgan fingerprint density at radius 3 is 2.71 bits per heavy atom. The third kappa shape index (κ3) is 5.02. The molecule has 0 saturated carbocycles. The lowest BCUT2D eigenvalue weighted by Gasteiger charge is -2.25. The van der Waals surface area contributed by atoms with Crippen molar-refractivity contribution in [3.8, 4) is 0 Å². The Hall–Kier alpha value is -1.59. The van der Waals surface area contributed by atoms with Gasteiger partial charge in [-0.1, -0.05) is 24.3 Å². The summed E-state index contributed by atoms with van der Waals surface area (Å²) in [6.45, 7) is 0.516. The number of rotatable bonds is 5. The van der Waals surface area contributed by atoms with Gasteiger partial charge in [0.1, 0.15) is 0 Å². The Labute approximate surface area is 131 Å². The average molecular weight is 312 g/mol. The number of carbonyl (C=O) groups is 2. The molecule has 1 aromatic carbocycles. The lowest BCUT2D eigenvalue weighted by atomic mass is 9.83. The van der Waals surface area contributed by atoms with Crippen molar-refractivity contribution in [3.63, 3.8) is 0 Å². The van der Waals surface area contributed by atoms with Gasteiger partial charge in [-0.15, -0.1) is 12.4 Å². The summed E-state index contributed by atoms with van der Waals surface area (Å²) in [6.07, 6.45) is 3.36. The van der Waals surface area contributed by atoms with Crippen LogP contribution in [0.15, 0.2) is 24.3 Å². The fourth-order valence-corrected chi connectivity index (χ4v) is 2.62. The van der Waals surface area contributed by atoms with Gasteiger partial charge in [0, 0.05) is 12.5 Å². The summed E-state index contributed by atoms with van der Waals surface area (Å²) in [6, 6.07) is 8.40. The van der Waals surface area contributed by atoms with Crippen LogP contribution in [0.1, 0.15) is 29.9 Å². The number of carbonyl (C=O) groups excluding carboxylic acids is 2. The zero-order chi connectivity index (χ0) is 14.4. The monoisotopic (exact) mass is 311 g/mol. The van der Waals surface area contributed by atoms with Crippen LogP contribution in [0.3, 0.4) is 0 Å². The summed E-state index contributed by atoms with van der Waals surface area (Å²) in [5.41, 5.74) is 7.88. The van der Waals surface area contributed by atoms with Crippen molar-refractivity contribution in [2.45, 2.75) is 25.2 Å². The molecule has 0 heterocycles. The van der Waals surface area contributed by atoms with Crippen molar-refractivity contribution in [1.82, 2.24) is 10.6 Å². The highest BCUT2D eigenvalue weighted by atomic mass is 35.5. The third-order valence-corrected chi connectivity index (χ3v) is 3.67. The number of nitrogens with two attached hydrogens (primary N) is 1. The molecule has 0 bridgehead atoms. The third-order valence-electron chi connectivity index (χ3n) is 3.67. The Morgan fingerprint density at radius 1 is 1.19 bits per heavy atom. The molecule has 1 aromatic rings. The molecule has 1 atom stereocenters. The Kier molecular flexibility index (Phi) is 7.19. The lowest BCUT2D eigenvalue weighted by Crippen LogP contribution is -2.40. The molecule has 21 heavy (non-hydrogen) atoms. The molecule has 1 aliphatic rings. The molecule has 1 unspecified atom stereocenters. The van der Waals surface area contributed by atoms with Crippen LogP contribution >= 0.6 is 12.4 Å². The van der Waals surface area contributed by atoms with E-state index in [0.717, 1.165) is 19.3 Å². The Balaban J connectivity index is 0.00000220. The van der Waals surface area contributed by atoms with E-state index < -0.39 is 0 Å². The van der Waals surface area contributed by atoms with E-state index in [1.54, 1.807) is 0 Å². The van der Waals surface area contributed by atoms with Gasteiger partial charge < -0.3 is 16.4 Å².